The van der Waals surface area contributed by atoms with Gasteiger partial charge < -0.3 is 9.94 Å². The van der Waals surface area contributed by atoms with Crippen LogP contribution >= 0.6 is 0 Å². The molecular formula is C14H18N2O3. The maximum Gasteiger partial charge on any atom is 0.335 e. The van der Waals surface area contributed by atoms with Crippen molar-refractivity contribution in [2.75, 3.05) is 0 Å². The third kappa shape index (κ3) is 4.56. The zero-order valence-corrected chi connectivity index (χ0v) is 10.9. The summed E-state index contributed by atoms with van der Waals surface area (Å²) in [6, 6.07) is 6.42. The zero-order valence-electron chi connectivity index (χ0n) is 10.9. The summed E-state index contributed by atoms with van der Waals surface area (Å²) in [5.41, 5.74) is 1.25. The Balaban J connectivity index is 2.90. The van der Waals surface area contributed by atoms with E-state index < -0.39 is 5.97 Å². The van der Waals surface area contributed by atoms with E-state index in [1.807, 2.05) is 0 Å². The van der Waals surface area contributed by atoms with Gasteiger partial charge in [0.05, 0.1) is 11.3 Å². The standard InChI is InChI=1S/C14H18N2O3/c1-3-4-8-13(19-15)16-10(2)11-6-5-7-12(9-11)14(17)18/h5-7,9H,2-4,8,15H2,1H3,(H,17,18)/b16-13-. The molecule has 0 aliphatic carbocycles. The van der Waals surface area contributed by atoms with Gasteiger partial charge in [0, 0.05) is 12.0 Å². The lowest BCUT2D eigenvalue weighted by Crippen LogP contribution is -2.10. The van der Waals surface area contributed by atoms with Gasteiger partial charge in [0.2, 0.25) is 5.90 Å². The molecular weight excluding hydrogens is 244 g/mol. The van der Waals surface area contributed by atoms with E-state index in [1.165, 1.54) is 12.1 Å². The second-order valence-electron chi connectivity index (χ2n) is 4.06. The molecule has 5 heteroatoms. The van der Waals surface area contributed by atoms with Crippen LogP contribution in [0.2, 0.25) is 0 Å². The highest BCUT2D eigenvalue weighted by Crippen LogP contribution is 2.16. The normalized spacial score (nSPS) is 11.2. The van der Waals surface area contributed by atoms with Crippen LogP contribution in [0, 0.1) is 0 Å². The molecule has 1 rings (SSSR count). The number of hydrogen-bond acceptors (Lipinski definition) is 4. The van der Waals surface area contributed by atoms with Crippen LogP contribution in [0.25, 0.3) is 5.70 Å². The first-order valence-electron chi connectivity index (χ1n) is 6.05. The molecule has 0 spiro atoms. The molecule has 19 heavy (non-hydrogen) atoms. The SMILES string of the molecule is C=C(/N=C(/CCCC)ON)c1cccc(C(=O)O)c1. The molecule has 0 unspecified atom stereocenters. The molecule has 0 fully saturated rings. The average Bonchev–Trinajstić information content (AvgIpc) is 2.43. The monoisotopic (exact) mass is 262 g/mol. The Labute approximate surface area is 112 Å². The van der Waals surface area contributed by atoms with Crippen LogP contribution < -0.4 is 5.90 Å². The maximum atomic E-state index is 10.9. The van der Waals surface area contributed by atoms with Crippen molar-refractivity contribution >= 4 is 17.6 Å². The van der Waals surface area contributed by atoms with E-state index >= 15 is 0 Å². The predicted octanol–water partition coefficient (Wildman–Crippen LogP) is 2.83. The van der Waals surface area contributed by atoms with E-state index in [-0.39, 0.29) is 5.56 Å². The van der Waals surface area contributed by atoms with E-state index in [9.17, 15) is 4.79 Å². The van der Waals surface area contributed by atoms with Crippen molar-refractivity contribution < 1.29 is 14.7 Å². The third-order valence-corrected chi connectivity index (χ3v) is 2.58. The molecule has 1 aromatic rings. The first kappa shape index (κ1) is 14.9. The molecule has 0 aromatic heterocycles. The summed E-state index contributed by atoms with van der Waals surface area (Å²) in [5.74, 6) is 4.56. The lowest BCUT2D eigenvalue weighted by molar-refractivity contribution is 0.0697. The molecule has 1 aromatic carbocycles. The number of hydrogen-bond donors (Lipinski definition) is 2. The highest BCUT2D eigenvalue weighted by atomic mass is 16.6. The number of aliphatic imine (C=N–C) groups is 1. The number of aromatic carboxylic acids is 1. The molecule has 5 nitrogen and oxygen atoms in total. The van der Waals surface area contributed by atoms with E-state index in [4.69, 9.17) is 15.8 Å². The van der Waals surface area contributed by atoms with Crippen LogP contribution in [0.4, 0.5) is 0 Å². The first-order chi connectivity index (χ1) is 9.08. The maximum absolute atomic E-state index is 10.9. The zero-order chi connectivity index (χ0) is 14.3. The fourth-order valence-electron chi connectivity index (χ4n) is 1.52. The summed E-state index contributed by atoms with van der Waals surface area (Å²) in [6.45, 7) is 5.86. The van der Waals surface area contributed by atoms with Gasteiger partial charge >= 0.3 is 5.97 Å². The highest BCUT2D eigenvalue weighted by molar-refractivity contribution is 5.89. The molecule has 0 amide bonds. The minimum atomic E-state index is -0.986. The van der Waals surface area contributed by atoms with Crippen LogP contribution in [0.3, 0.4) is 0 Å². The van der Waals surface area contributed by atoms with E-state index in [2.05, 4.69) is 18.5 Å². The lowest BCUT2D eigenvalue weighted by atomic mass is 10.1. The number of rotatable bonds is 6. The van der Waals surface area contributed by atoms with Gasteiger partial charge in [0.25, 0.3) is 0 Å². The Hall–Kier alpha value is -2.14. The summed E-state index contributed by atoms with van der Waals surface area (Å²) in [5, 5.41) is 8.93. The number of nitrogens with two attached hydrogens (primary N) is 1. The van der Waals surface area contributed by atoms with Crippen molar-refractivity contribution in [3.63, 3.8) is 0 Å². The molecule has 0 aliphatic rings. The van der Waals surface area contributed by atoms with Crippen LogP contribution in [0.15, 0.2) is 35.8 Å². The Morgan fingerprint density at radius 2 is 2.16 bits per heavy atom. The predicted molar refractivity (Wildman–Crippen MR) is 74.7 cm³/mol. The van der Waals surface area contributed by atoms with Gasteiger partial charge in [-0.25, -0.2) is 9.79 Å². The minimum Gasteiger partial charge on any atom is -0.478 e. The number of carbonyl (C=O) groups is 1. The Morgan fingerprint density at radius 3 is 2.74 bits per heavy atom. The van der Waals surface area contributed by atoms with E-state index in [0.29, 0.717) is 23.6 Å². The number of unbranched alkanes of at least 4 members (excludes halogenated alkanes) is 1. The highest BCUT2D eigenvalue weighted by Gasteiger charge is 2.06. The van der Waals surface area contributed by atoms with Crippen molar-refractivity contribution in [1.29, 1.82) is 0 Å². The number of benzene rings is 1. The lowest BCUT2D eigenvalue weighted by Gasteiger charge is -2.06. The van der Waals surface area contributed by atoms with Gasteiger partial charge in [-0.2, -0.15) is 5.90 Å². The summed E-state index contributed by atoms with van der Waals surface area (Å²) >= 11 is 0. The van der Waals surface area contributed by atoms with Crippen molar-refractivity contribution in [1.82, 2.24) is 0 Å². The van der Waals surface area contributed by atoms with Gasteiger partial charge in [-0.15, -0.1) is 0 Å². The van der Waals surface area contributed by atoms with Crippen molar-refractivity contribution in [3.8, 4) is 0 Å². The molecule has 0 atom stereocenters. The number of carboxylic acids is 1. The molecule has 3 N–H and O–H groups in total. The average molecular weight is 262 g/mol. The molecule has 0 aliphatic heterocycles. The van der Waals surface area contributed by atoms with Crippen LogP contribution in [-0.4, -0.2) is 17.0 Å². The topological polar surface area (TPSA) is 84.9 Å². The van der Waals surface area contributed by atoms with E-state index in [0.717, 1.165) is 12.8 Å². The summed E-state index contributed by atoms with van der Waals surface area (Å²) < 4.78 is 0. The van der Waals surface area contributed by atoms with Crippen molar-refractivity contribution in [2.24, 2.45) is 10.9 Å². The Morgan fingerprint density at radius 1 is 1.47 bits per heavy atom. The third-order valence-electron chi connectivity index (χ3n) is 2.58. The molecule has 0 heterocycles. The van der Waals surface area contributed by atoms with Crippen LogP contribution in [0.1, 0.15) is 42.1 Å². The van der Waals surface area contributed by atoms with Crippen LogP contribution in [0.5, 0.6) is 0 Å². The van der Waals surface area contributed by atoms with Gasteiger partial charge in [-0.3, -0.25) is 0 Å². The second kappa shape index (κ2) is 7.33. The number of carboxylic acid groups (broad SMARTS) is 1. The quantitative estimate of drug-likeness (QED) is 0.469. The van der Waals surface area contributed by atoms with Crippen molar-refractivity contribution in [2.45, 2.75) is 26.2 Å². The minimum absolute atomic E-state index is 0.192. The van der Waals surface area contributed by atoms with Gasteiger partial charge in [0.1, 0.15) is 0 Å². The number of nitrogens with zero attached hydrogens (tertiary/aromatic N) is 1. The smallest absolute Gasteiger partial charge is 0.335 e. The molecule has 102 valence electrons. The summed E-state index contributed by atoms with van der Waals surface area (Å²) in [4.78, 5) is 19.8. The largest absolute Gasteiger partial charge is 0.478 e. The van der Waals surface area contributed by atoms with Gasteiger partial charge in [-0.05, 0) is 18.6 Å². The molecule has 0 bridgehead atoms. The first-order valence-corrected chi connectivity index (χ1v) is 6.05. The fourth-order valence-corrected chi connectivity index (χ4v) is 1.52. The second-order valence-corrected chi connectivity index (χ2v) is 4.06. The summed E-state index contributed by atoms with van der Waals surface area (Å²) in [7, 11) is 0. The molecule has 0 saturated heterocycles. The van der Waals surface area contributed by atoms with Crippen molar-refractivity contribution in [3.05, 3.63) is 42.0 Å². The fraction of sp³-hybridized carbons (Fsp3) is 0.286. The molecule has 0 saturated carbocycles. The van der Waals surface area contributed by atoms with Crippen LogP contribution in [-0.2, 0) is 4.84 Å². The Kier molecular flexibility index (Phi) is 5.75. The van der Waals surface area contributed by atoms with Gasteiger partial charge in [-0.1, -0.05) is 32.1 Å². The van der Waals surface area contributed by atoms with Gasteiger partial charge in [0.15, 0.2) is 0 Å². The summed E-state index contributed by atoms with van der Waals surface area (Å²) in [6.07, 6.45) is 2.55. The van der Waals surface area contributed by atoms with E-state index in [1.54, 1.807) is 12.1 Å². The Bertz CT molecular complexity index is 495. The molecule has 0 radical (unpaired) electrons.